The minimum absolute atomic E-state index is 0.219. The minimum atomic E-state index is -0.219. The lowest BCUT2D eigenvalue weighted by Crippen LogP contribution is -2.21. The quantitative estimate of drug-likeness (QED) is 0.779. The molecule has 0 radical (unpaired) electrons. The molecule has 4 nitrogen and oxygen atoms in total. The molecule has 1 aromatic carbocycles. The van der Waals surface area contributed by atoms with Crippen LogP contribution in [0.5, 0.6) is 0 Å². The molecule has 6 heteroatoms. The minimum Gasteiger partial charge on any atom is -0.451 e. The number of rotatable bonds is 3. The Balaban J connectivity index is 1.75. The maximum absolute atomic E-state index is 12.0. The molecule has 0 aliphatic heterocycles. The first-order valence-electron chi connectivity index (χ1n) is 6.00. The Morgan fingerprint density at radius 1 is 1.45 bits per heavy atom. The van der Waals surface area contributed by atoms with E-state index in [1.165, 1.54) is 0 Å². The molecular weight excluding hydrogens is 340 g/mol. The summed E-state index contributed by atoms with van der Waals surface area (Å²) >= 11 is 4.96. The van der Waals surface area contributed by atoms with Crippen LogP contribution in [-0.4, -0.2) is 10.9 Å². The fraction of sp³-hybridized carbons (Fsp3) is 0.143. The van der Waals surface area contributed by atoms with Crippen molar-refractivity contribution in [3.05, 3.63) is 50.6 Å². The highest BCUT2D eigenvalue weighted by atomic mass is 79.9. The van der Waals surface area contributed by atoms with E-state index in [2.05, 4.69) is 26.2 Å². The second-order valence-corrected chi connectivity index (χ2v) is 6.56. The van der Waals surface area contributed by atoms with Crippen LogP contribution in [0.4, 0.5) is 0 Å². The van der Waals surface area contributed by atoms with Crippen LogP contribution < -0.4 is 5.32 Å². The van der Waals surface area contributed by atoms with Crippen molar-refractivity contribution in [1.82, 2.24) is 10.3 Å². The van der Waals surface area contributed by atoms with Crippen LogP contribution in [0, 0.1) is 6.92 Å². The summed E-state index contributed by atoms with van der Waals surface area (Å²) in [5, 5.41) is 4.72. The lowest BCUT2D eigenvalue weighted by Gasteiger charge is -1.99. The summed E-state index contributed by atoms with van der Waals surface area (Å²) in [4.78, 5) is 17.2. The predicted molar refractivity (Wildman–Crippen MR) is 81.9 cm³/mol. The standard InChI is InChI=1S/C14H11BrN2O2S/c1-8-16-6-11(20-8)7-17-14(18)13-5-9-4-10(15)2-3-12(9)19-13/h2-6H,7H2,1H3,(H,17,18). The number of thiazole rings is 1. The lowest BCUT2D eigenvalue weighted by atomic mass is 10.2. The molecule has 0 saturated carbocycles. The number of furan rings is 1. The van der Waals surface area contributed by atoms with E-state index in [4.69, 9.17) is 4.42 Å². The van der Waals surface area contributed by atoms with Crippen LogP contribution in [0.15, 0.2) is 39.4 Å². The third-order valence-corrected chi connectivity index (χ3v) is 4.20. The molecule has 2 aromatic heterocycles. The Morgan fingerprint density at radius 2 is 2.30 bits per heavy atom. The van der Waals surface area contributed by atoms with Gasteiger partial charge >= 0.3 is 0 Å². The van der Waals surface area contributed by atoms with E-state index in [0.29, 0.717) is 17.9 Å². The zero-order chi connectivity index (χ0) is 14.1. The van der Waals surface area contributed by atoms with Crippen LogP contribution in [0.25, 0.3) is 11.0 Å². The summed E-state index contributed by atoms with van der Waals surface area (Å²) in [6, 6.07) is 7.38. The van der Waals surface area contributed by atoms with Gasteiger partial charge in [-0.1, -0.05) is 15.9 Å². The van der Waals surface area contributed by atoms with Crippen molar-refractivity contribution in [3.8, 4) is 0 Å². The normalized spacial score (nSPS) is 10.9. The topological polar surface area (TPSA) is 55.1 Å². The number of hydrogen-bond donors (Lipinski definition) is 1. The van der Waals surface area contributed by atoms with Crippen molar-refractivity contribution >= 4 is 44.1 Å². The molecule has 3 aromatic rings. The van der Waals surface area contributed by atoms with Gasteiger partial charge in [0.15, 0.2) is 5.76 Å². The molecule has 0 atom stereocenters. The van der Waals surface area contributed by atoms with E-state index in [9.17, 15) is 4.79 Å². The van der Waals surface area contributed by atoms with Gasteiger partial charge in [-0.05, 0) is 31.2 Å². The molecule has 1 N–H and O–H groups in total. The monoisotopic (exact) mass is 350 g/mol. The molecule has 0 unspecified atom stereocenters. The molecule has 0 aliphatic carbocycles. The Hall–Kier alpha value is -1.66. The number of benzene rings is 1. The van der Waals surface area contributed by atoms with Crippen LogP contribution in [-0.2, 0) is 6.54 Å². The van der Waals surface area contributed by atoms with Gasteiger partial charge in [0.25, 0.3) is 5.91 Å². The molecule has 2 heterocycles. The Kier molecular flexibility index (Phi) is 3.58. The second kappa shape index (κ2) is 5.38. The predicted octanol–water partition coefficient (Wildman–Crippen LogP) is 3.89. The molecule has 102 valence electrons. The highest BCUT2D eigenvalue weighted by Crippen LogP contribution is 2.23. The summed E-state index contributed by atoms with van der Waals surface area (Å²) in [5.74, 6) is 0.0997. The number of aryl methyl sites for hydroxylation is 1. The largest absolute Gasteiger partial charge is 0.451 e. The van der Waals surface area contributed by atoms with Gasteiger partial charge in [-0.25, -0.2) is 4.98 Å². The average Bonchev–Trinajstić information content (AvgIpc) is 3.01. The number of carbonyl (C=O) groups is 1. The van der Waals surface area contributed by atoms with Crippen LogP contribution in [0.3, 0.4) is 0 Å². The maximum atomic E-state index is 12.0. The summed E-state index contributed by atoms with van der Waals surface area (Å²) < 4.78 is 6.49. The molecule has 1 amide bonds. The first-order valence-corrected chi connectivity index (χ1v) is 7.61. The molecule has 0 aliphatic rings. The molecule has 0 bridgehead atoms. The first-order chi connectivity index (χ1) is 9.61. The van der Waals surface area contributed by atoms with Crippen molar-refractivity contribution in [3.63, 3.8) is 0 Å². The van der Waals surface area contributed by atoms with E-state index in [1.54, 1.807) is 23.6 Å². The zero-order valence-electron chi connectivity index (χ0n) is 10.6. The molecular formula is C14H11BrN2O2S. The summed E-state index contributed by atoms with van der Waals surface area (Å²) in [6.07, 6.45) is 1.77. The zero-order valence-corrected chi connectivity index (χ0v) is 13.0. The van der Waals surface area contributed by atoms with Crippen molar-refractivity contribution in [2.75, 3.05) is 0 Å². The number of hydrogen-bond acceptors (Lipinski definition) is 4. The second-order valence-electron chi connectivity index (χ2n) is 4.32. The van der Waals surface area contributed by atoms with E-state index >= 15 is 0 Å². The number of amides is 1. The van der Waals surface area contributed by atoms with Gasteiger partial charge in [0, 0.05) is 20.9 Å². The van der Waals surface area contributed by atoms with Gasteiger partial charge in [0.1, 0.15) is 5.58 Å². The van der Waals surface area contributed by atoms with Crippen molar-refractivity contribution < 1.29 is 9.21 Å². The lowest BCUT2D eigenvalue weighted by molar-refractivity contribution is 0.0925. The van der Waals surface area contributed by atoms with Crippen molar-refractivity contribution in [2.45, 2.75) is 13.5 Å². The van der Waals surface area contributed by atoms with Gasteiger partial charge in [-0.15, -0.1) is 11.3 Å². The fourth-order valence-electron chi connectivity index (χ4n) is 1.87. The van der Waals surface area contributed by atoms with Crippen molar-refractivity contribution in [1.29, 1.82) is 0 Å². The van der Waals surface area contributed by atoms with Gasteiger partial charge in [0.2, 0.25) is 0 Å². The molecule has 0 fully saturated rings. The van der Waals surface area contributed by atoms with Crippen LogP contribution >= 0.6 is 27.3 Å². The number of aromatic nitrogens is 1. The molecule has 20 heavy (non-hydrogen) atoms. The van der Waals surface area contributed by atoms with E-state index in [0.717, 1.165) is 19.7 Å². The SMILES string of the molecule is Cc1ncc(CNC(=O)c2cc3cc(Br)ccc3o2)s1. The third kappa shape index (κ3) is 2.76. The number of carbonyl (C=O) groups excluding carboxylic acids is 1. The van der Waals surface area contributed by atoms with E-state index in [-0.39, 0.29) is 5.91 Å². The van der Waals surface area contributed by atoms with Gasteiger partial charge in [0.05, 0.1) is 11.6 Å². The summed E-state index contributed by atoms with van der Waals surface area (Å²) in [6.45, 7) is 2.40. The molecule has 3 rings (SSSR count). The first kappa shape index (κ1) is 13.3. The smallest absolute Gasteiger partial charge is 0.287 e. The number of fused-ring (bicyclic) bond motifs is 1. The van der Waals surface area contributed by atoms with E-state index < -0.39 is 0 Å². The summed E-state index contributed by atoms with van der Waals surface area (Å²) in [5.41, 5.74) is 0.701. The number of nitrogens with zero attached hydrogens (tertiary/aromatic N) is 1. The summed E-state index contributed by atoms with van der Waals surface area (Å²) in [7, 11) is 0. The van der Waals surface area contributed by atoms with Crippen molar-refractivity contribution in [2.24, 2.45) is 0 Å². The Morgan fingerprint density at radius 3 is 3.05 bits per heavy atom. The van der Waals surface area contributed by atoms with Crippen LogP contribution in [0.1, 0.15) is 20.4 Å². The van der Waals surface area contributed by atoms with Gasteiger partial charge < -0.3 is 9.73 Å². The number of nitrogens with one attached hydrogen (secondary N) is 1. The number of halogens is 1. The fourth-order valence-corrected chi connectivity index (χ4v) is 2.98. The maximum Gasteiger partial charge on any atom is 0.287 e. The molecule has 0 saturated heterocycles. The average molecular weight is 351 g/mol. The highest BCUT2D eigenvalue weighted by Gasteiger charge is 2.12. The molecule has 0 spiro atoms. The third-order valence-electron chi connectivity index (χ3n) is 2.79. The van der Waals surface area contributed by atoms with Crippen LogP contribution in [0.2, 0.25) is 0 Å². The van der Waals surface area contributed by atoms with Gasteiger partial charge in [-0.2, -0.15) is 0 Å². The van der Waals surface area contributed by atoms with E-state index in [1.807, 2.05) is 25.1 Å². The Bertz CT molecular complexity index is 778. The Labute approximate surface area is 127 Å². The highest BCUT2D eigenvalue weighted by molar-refractivity contribution is 9.10. The van der Waals surface area contributed by atoms with Gasteiger partial charge in [-0.3, -0.25) is 4.79 Å².